The molecule has 19 heavy (non-hydrogen) atoms. The Morgan fingerprint density at radius 3 is 2.95 bits per heavy atom. The molecule has 3 heteroatoms. The first-order valence-electron chi connectivity index (χ1n) is 6.70. The zero-order chi connectivity index (χ0) is 13.2. The second-order valence-electron chi connectivity index (χ2n) is 5.03. The number of hydrogen-bond donors (Lipinski definition) is 1. The molecule has 1 aliphatic carbocycles. The van der Waals surface area contributed by atoms with Gasteiger partial charge in [0.05, 0.1) is 12.0 Å². The fourth-order valence-electron chi connectivity index (χ4n) is 2.95. The van der Waals surface area contributed by atoms with E-state index in [1.165, 1.54) is 22.4 Å². The van der Waals surface area contributed by atoms with Crippen molar-refractivity contribution in [2.45, 2.75) is 24.8 Å². The summed E-state index contributed by atoms with van der Waals surface area (Å²) in [4.78, 5) is 1.31. The smallest absolute Gasteiger partial charge is 0.134 e. The van der Waals surface area contributed by atoms with Crippen LogP contribution in [-0.4, -0.2) is 14.2 Å². The highest BCUT2D eigenvalue weighted by atomic mass is 32.1. The van der Waals surface area contributed by atoms with Crippen molar-refractivity contribution < 1.29 is 4.74 Å². The molecule has 2 nitrogen and oxygen atoms in total. The molecule has 1 heterocycles. The van der Waals surface area contributed by atoms with Gasteiger partial charge in [-0.1, -0.05) is 24.3 Å². The summed E-state index contributed by atoms with van der Waals surface area (Å²) in [6.07, 6.45) is 2.35. The molecule has 1 aromatic carbocycles. The summed E-state index contributed by atoms with van der Waals surface area (Å²) >= 11 is 1.78. The monoisotopic (exact) mass is 273 g/mol. The van der Waals surface area contributed by atoms with Crippen LogP contribution in [0.15, 0.2) is 35.7 Å². The standard InChI is InChI=1S/C16H19NOS/c1-17-14(16-15(18-2)7-8-19-16)10-12-9-11-5-3-4-6-13(11)12/h3-8,12,14,17H,9-10H2,1-2H3. The first kappa shape index (κ1) is 12.7. The molecule has 3 rings (SSSR count). The molecule has 0 saturated heterocycles. The molecule has 1 aliphatic rings. The number of methoxy groups -OCH3 is 1. The van der Waals surface area contributed by atoms with E-state index in [0.717, 1.165) is 12.2 Å². The van der Waals surface area contributed by atoms with Gasteiger partial charge in [-0.25, -0.2) is 0 Å². The number of benzene rings is 1. The Morgan fingerprint density at radius 2 is 2.21 bits per heavy atom. The molecule has 100 valence electrons. The summed E-state index contributed by atoms with van der Waals surface area (Å²) in [5.74, 6) is 1.69. The second-order valence-corrected chi connectivity index (χ2v) is 5.98. The van der Waals surface area contributed by atoms with E-state index in [2.05, 4.69) is 41.0 Å². The average molecular weight is 273 g/mol. The van der Waals surface area contributed by atoms with E-state index in [-0.39, 0.29) is 0 Å². The van der Waals surface area contributed by atoms with Crippen LogP contribution in [0.2, 0.25) is 0 Å². The fourth-order valence-corrected chi connectivity index (χ4v) is 3.93. The van der Waals surface area contributed by atoms with Crippen LogP contribution in [0.5, 0.6) is 5.75 Å². The summed E-state index contributed by atoms with van der Waals surface area (Å²) in [6, 6.07) is 11.2. The van der Waals surface area contributed by atoms with E-state index < -0.39 is 0 Å². The molecule has 1 N–H and O–H groups in total. The lowest BCUT2D eigenvalue weighted by atomic mass is 9.74. The van der Waals surface area contributed by atoms with Crippen LogP contribution >= 0.6 is 11.3 Å². The number of hydrogen-bond acceptors (Lipinski definition) is 3. The molecule has 2 aromatic rings. The summed E-state index contributed by atoms with van der Waals surface area (Å²) in [5, 5.41) is 5.54. The molecule has 0 spiro atoms. The molecule has 0 saturated carbocycles. The third kappa shape index (κ3) is 2.28. The Balaban J connectivity index is 1.76. The van der Waals surface area contributed by atoms with Crippen LogP contribution in [0.1, 0.15) is 34.4 Å². The van der Waals surface area contributed by atoms with Crippen molar-refractivity contribution in [2.75, 3.05) is 14.2 Å². The van der Waals surface area contributed by atoms with Crippen molar-refractivity contribution in [2.24, 2.45) is 0 Å². The van der Waals surface area contributed by atoms with Crippen molar-refractivity contribution in [1.29, 1.82) is 0 Å². The summed E-state index contributed by atoms with van der Waals surface area (Å²) < 4.78 is 5.44. The van der Waals surface area contributed by atoms with Crippen molar-refractivity contribution in [3.8, 4) is 5.75 Å². The Bertz CT molecular complexity index is 563. The molecule has 0 amide bonds. The molecule has 1 aromatic heterocycles. The van der Waals surface area contributed by atoms with Gasteiger partial charge in [0.25, 0.3) is 0 Å². The molecule has 0 fully saturated rings. The minimum absolute atomic E-state index is 0.383. The van der Waals surface area contributed by atoms with E-state index >= 15 is 0 Å². The molecular weight excluding hydrogens is 254 g/mol. The lowest BCUT2D eigenvalue weighted by molar-refractivity contribution is 0.394. The van der Waals surface area contributed by atoms with Crippen LogP contribution in [0.25, 0.3) is 0 Å². The minimum Gasteiger partial charge on any atom is -0.496 e. The number of rotatable bonds is 5. The molecule has 0 aliphatic heterocycles. The lowest BCUT2D eigenvalue weighted by Crippen LogP contribution is -2.24. The van der Waals surface area contributed by atoms with E-state index in [9.17, 15) is 0 Å². The highest BCUT2D eigenvalue weighted by Crippen LogP contribution is 2.43. The first-order valence-corrected chi connectivity index (χ1v) is 7.58. The van der Waals surface area contributed by atoms with Gasteiger partial charge in [0.1, 0.15) is 5.75 Å². The Morgan fingerprint density at radius 1 is 1.37 bits per heavy atom. The normalized spacial score (nSPS) is 18.5. The second kappa shape index (κ2) is 5.35. The van der Waals surface area contributed by atoms with Gasteiger partial charge < -0.3 is 10.1 Å². The number of nitrogens with one attached hydrogen (secondary N) is 1. The van der Waals surface area contributed by atoms with Crippen molar-refractivity contribution in [1.82, 2.24) is 5.32 Å². The highest BCUT2D eigenvalue weighted by Gasteiger charge is 2.29. The third-order valence-electron chi connectivity index (χ3n) is 4.02. The molecular formula is C16H19NOS. The zero-order valence-corrected chi connectivity index (χ0v) is 12.2. The maximum Gasteiger partial charge on any atom is 0.134 e. The van der Waals surface area contributed by atoms with Gasteiger partial charge in [0.2, 0.25) is 0 Å². The van der Waals surface area contributed by atoms with Gasteiger partial charge in [0, 0.05) is 6.04 Å². The topological polar surface area (TPSA) is 21.3 Å². The maximum atomic E-state index is 5.44. The average Bonchev–Trinajstić information content (AvgIpc) is 2.88. The van der Waals surface area contributed by atoms with E-state index in [1.54, 1.807) is 18.4 Å². The summed E-state index contributed by atoms with van der Waals surface area (Å²) in [6.45, 7) is 0. The van der Waals surface area contributed by atoms with Gasteiger partial charge in [0.15, 0.2) is 0 Å². The van der Waals surface area contributed by atoms with Gasteiger partial charge in [-0.3, -0.25) is 0 Å². The van der Waals surface area contributed by atoms with Crippen molar-refractivity contribution >= 4 is 11.3 Å². The Labute approximate surface area is 118 Å². The molecule has 2 unspecified atom stereocenters. The van der Waals surface area contributed by atoms with Gasteiger partial charge in [-0.05, 0) is 48.4 Å². The van der Waals surface area contributed by atoms with Crippen molar-refractivity contribution in [3.05, 3.63) is 51.7 Å². The van der Waals surface area contributed by atoms with Crippen LogP contribution in [0, 0.1) is 0 Å². The SMILES string of the molecule is CNC(CC1Cc2ccccc21)c1sccc1OC. The third-order valence-corrected chi connectivity index (χ3v) is 5.04. The van der Waals surface area contributed by atoms with Crippen LogP contribution in [0.3, 0.4) is 0 Å². The van der Waals surface area contributed by atoms with E-state index in [0.29, 0.717) is 12.0 Å². The van der Waals surface area contributed by atoms with Crippen LogP contribution in [0.4, 0.5) is 0 Å². The molecule has 2 atom stereocenters. The highest BCUT2D eigenvalue weighted by molar-refractivity contribution is 7.10. The van der Waals surface area contributed by atoms with Crippen LogP contribution < -0.4 is 10.1 Å². The Hall–Kier alpha value is -1.32. The number of fused-ring (bicyclic) bond motifs is 1. The predicted octanol–water partition coefficient (Wildman–Crippen LogP) is 3.75. The van der Waals surface area contributed by atoms with E-state index in [4.69, 9.17) is 4.74 Å². The van der Waals surface area contributed by atoms with Crippen molar-refractivity contribution in [3.63, 3.8) is 0 Å². The quantitative estimate of drug-likeness (QED) is 0.896. The summed E-state index contributed by atoms with van der Waals surface area (Å²) in [5.41, 5.74) is 3.04. The fraction of sp³-hybridized carbons (Fsp3) is 0.375. The minimum atomic E-state index is 0.383. The van der Waals surface area contributed by atoms with Gasteiger partial charge >= 0.3 is 0 Å². The van der Waals surface area contributed by atoms with Gasteiger partial charge in [-0.2, -0.15) is 0 Å². The molecule has 0 radical (unpaired) electrons. The lowest BCUT2D eigenvalue weighted by Gasteiger charge is -2.33. The summed E-state index contributed by atoms with van der Waals surface area (Å²) in [7, 11) is 3.78. The van der Waals surface area contributed by atoms with E-state index in [1.807, 2.05) is 7.05 Å². The Kier molecular flexibility index (Phi) is 3.58. The zero-order valence-electron chi connectivity index (χ0n) is 11.3. The van der Waals surface area contributed by atoms with Gasteiger partial charge in [-0.15, -0.1) is 11.3 Å². The van der Waals surface area contributed by atoms with Crippen LogP contribution in [-0.2, 0) is 6.42 Å². The number of ether oxygens (including phenoxy) is 1. The first-order chi connectivity index (χ1) is 9.33. The number of thiophene rings is 1. The predicted molar refractivity (Wildman–Crippen MR) is 80.2 cm³/mol. The molecule has 0 bridgehead atoms. The largest absolute Gasteiger partial charge is 0.496 e. The maximum absolute atomic E-state index is 5.44.